The Morgan fingerprint density at radius 2 is 1.02 bits per heavy atom. The van der Waals surface area contributed by atoms with Crippen LogP contribution in [-0.2, 0) is 0 Å². The summed E-state index contributed by atoms with van der Waals surface area (Å²) in [6.45, 7) is 0. The average molecular weight is 747 g/mol. The average Bonchev–Trinajstić information content (AvgIpc) is 3.95. The minimum atomic E-state index is 0.652. The van der Waals surface area contributed by atoms with Gasteiger partial charge in [-0.05, 0) is 71.8 Å². The van der Waals surface area contributed by atoms with E-state index in [2.05, 4.69) is 126 Å². The number of hydrogen-bond donors (Lipinski definition) is 0. The topological polar surface area (TPSA) is 56.7 Å². The molecule has 0 fully saturated rings. The summed E-state index contributed by atoms with van der Waals surface area (Å²) in [5.74, 6) is 1.96. The molecule has 6 heteroatoms. The molecule has 266 valence electrons. The van der Waals surface area contributed by atoms with Crippen LogP contribution in [0, 0.1) is 0 Å². The van der Waals surface area contributed by atoms with E-state index in [4.69, 9.17) is 19.4 Å². The third-order valence-corrected chi connectivity index (χ3v) is 12.2. The number of thiophene rings is 1. The molecule has 0 radical (unpaired) electrons. The van der Waals surface area contributed by atoms with Gasteiger partial charge in [-0.2, -0.15) is 0 Å². The molecule has 0 atom stereocenters. The van der Waals surface area contributed by atoms with Crippen LogP contribution in [0.1, 0.15) is 0 Å². The van der Waals surface area contributed by atoms with Crippen LogP contribution in [0.5, 0.6) is 0 Å². The molecule has 12 rings (SSSR count). The zero-order valence-electron chi connectivity index (χ0n) is 30.4. The van der Waals surface area contributed by atoms with Gasteiger partial charge in [0.25, 0.3) is 0 Å². The molecule has 4 heterocycles. The van der Waals surface area contributed by atoms with E-state index in [-0.39, 0.29) is 0 Å². The van der Waals surface area contributed by atoms with Gasteiger partial charge in [-0.25, -0.2) is 15.0 Å². The summed E-state index contributed by atoms with van der Waals surface area (Å²) in [5.41, 5.74) is 10.4. The zero-order valence-corrected chi connectivity index (χ0v) is 31.2. The first-order valence-corrected chi connectivity index (χ1v) is 19.8. The highest BCUT2D eigenvalue weighted by Crippen LogP contribution is 2.42. The van der Waals surface area contributed by atoms with Crippen molar-refractivity contribution in [3.63, 3.8) is 0 Å². The summed E-state index contributed by atoms with van der Waals surface area (Å²) in [6, 6.07) is 63.9. The van der Waals surface area contributed by atoms with E-state index in [1.807, 2.05) is 72.0 Å². The van der Waals surface area contributed by atoms with Crippen LogP contribution in [0.25, 0.3) is 115 Å². The van der Waals surface area contributed by atoms with Crippen molar-refractivity contribution < 1.29 is 4.42 Å². The molecule has 0 N–H and O–H groups in total. The van der Waals surface area contributed by atoms with Gasteiger partial charge in [0.1, 0.15) is 11.2 Å². The van der Waals surface area contributed by atoms with E-state index in [9.17, 15) is 0 Å². The van der Waals surface area contributed by atoms with E-state index in [0.717, 1.165) is 55.4 Å². The Morgan fingerprint density at radius 3 is 1.72 bits per heavy atom. The number of hydrogen-bond acceptors (Lipinski definition) is 5. The summed E-state index contributed by atoms with van der Waals surface area (Å²) in [7, 11) is 0. The van der Waals surface area contributed by atoms with Gasteiger partial charge in [0.15, 0.2) is 17.5 Å². The van der Waals surface area contributed by atoms with E-state index < -0.39 is 0 Å². The van der Waals surface area contributed by atoms with E-state index >= 15 is 0 Å². The van der Waals surface area contributed by atoms with Crippen LogP contribution in [0.3, 0.4) is 0 Å². The number of rotatable bonds is 5. The Labute approximate surface area is 330 Å². The van der Waals surface area contributed by atoms with Gasteiger partial charge in [0.2, 0.25) is 0 Å². The zero-order chi connectivity index (χ0) is 37.5. The summed E-state index contributed by atoms with van der Waals surface area (Å²) >= 11 is 1.81. The molecule has 0 aliphatic heterocycles. The maximum atomic E-state index is 6.50. The molecule has 0 aliphatic carbocycles. The minimum Gasteiger partial charge on any atom is -0.456 e. The fourth-order valence-electron chi connectivity index (χ4n) is 8.42. The molecule has 0 amide bonds. The fourth-order valence-corrected chi connectivity index (χ4v) is 9.54. The lowest BCUT2D eigenvalue weighted by Gasteiger charge is -2.09. The molecular formula is C51H30N4OS. The number of furan rings is 1. The van der Waals surface area contributed by atoms with E-state index in [0.29, 0.717) is 17.5 Å². The van der Waals surface area contributed by atoms with Crippen molar-refractivity contribution in [2.75, 3.05) is 0 Å². The summed E-state index contributed by atoms with van der Waals surface area (Å²) < 4.78 is 11.3. The molecule has 0 unspecified atom stereocenters. The normalized spacial score (nSPS) is 11.9. The molecule has 0 saturated heterocycles. The van der Waals surface area contributed by atoms with Crippen LogP contribution in [0.2, 0.25) is 0 Å². The lowest BCUT2D eigenvalue weighted by Crippen LogP contribution is -2.00. The molecular weight excluding hydrogens is 717 g/mol. The Morgan fingerprint density at radius 1 is 0.386 bits per heavy atom. The number of para-hydroxylation sites is 2. The van der Waals surface area contributed by atoms with Crippen molar-refractivity contribution in [2.24, 2.45) is 0 Å². The van der Waals surface area contributed by atoms with Gasteiger partial charge >= 0.3 is 0 Å². The van der Waals surface area contributed by atoms with E-state index in [1.165, 1.54) is 42.0 Å². The second-order valence-electron chi connectivity index (χ2n) is 14.4. The number of nitrogens with zero attached hydrogens (tertiary/aromatic N) is 4. The highest BCUT2D eigenvalue weighted by Gasteiger charge is 2.18. The van der Waals surface area contributed by atoms with Crippen LogP contribution in [-0.4, -0.2) is 19.5 Å². The highest BCUT2D eigenvalue weighted by atomic mass is 32.1. The third-order valence-electron chi connectivity index (χ3n) is 11.1. The lowest BCUT2D eigenvalue weighted by molar-refractivity contribution is 0.669. The van der Waals surface area contributed by atoms with E-state index in [1.54, 1.807) is 0 Å². The van der Waals surface area contributed by atoms with Crippen molar-refractivity contribution in [3.05, 3.63) is 182 Å². The van der Waals surface area contributed by atoms with Crippen LogP contribution >= 0.6 is 11.3 Å². The van der Waals surface area contributed by atoms with Crippen LogP contribution < -0.4 is 0 Å². The first-order valence-electron chi connectivity index (χ1n) is 19.0. The molecule has 0 bridgehead atoms. The summed E-state index contributed by atoms with van der Waals surface area (Å²) in [4.78, 5) is 14.9. The quantitative estimate of drug-likeness (QED) is 0.176. The van der Waals surface area contributed by atoms with Gasteiger partial charge in [-0.3, -0.25) is 0 Å². The Bertz CT molecular complexity index is 3420. The standard InChI is InChI=1S/C51H30N4OS/c1-3-12-31(13-4-1)49-52-50(32-14-5-2-6-15-32)54-51(53-49)34-23-27-46-40(28-34)39-25-22-33(29-47(39)57-46)36-18-11-21-45-48(36)41-30-35(24-26-44(41)56-45)55-42-19-9-7-16-37(42)38-17-8-10-20-43(38)55/h1-30H. The molecule has 0 saturated carbocycles. The second-order valence-corrected chi connectivity index (χ2v) is 15.5. The Balaban J connectivity index is 0.985. The smallest absolute Gasteiger partial charge is 0.164 e. The third kappa shape index (κ3) is 5.12. The Hall–Kier alpha value is -7.41. The van der Waals surface area contributed by atoms with Gasteiger partial charge in [0, 0.05) is 64.1 Å². The molecule has 0 spiro atoms. The van der Waals surface area contributed by atoms with Crippen molar-refractivity contribution >= 4 is 75.3 Å². The largest absolute Gasteiger partial charge is 0.456 e. The Kier molecular flexibility index (Phi) is 7.03. The van der Waals surface area contributed by atoms with Crippen LogP contribution in [0.15, 0.2) is 186 Å². The predicted molar refractivity (Wildman–Crippen MR) is 236 cm³/mol. The summed E-state index contributed by atoms with van der Waals surface area (Å²) in [5, 5.41) is 7.11. The maximum Gasteiger partial charge on any atom is 0.164 e. The van der Waals surface area contributed by atoms with Gasteiger partial charge in [-0.1, -0.05) is 121 Å². The number of fused-ring (bicyclic) bond motifs is 9. The monoisotopic (exact) mass is 746 g/mol. The fraction of sp³-hybridized carbons (Fsp3) is 0. The minimum absolute atomic E-state index is 0.652. The highest BCUT2D eigenvalue weighted by molar-refractivity contribution is 7.25. The summed E-state index contributed by atoms with van der Waals surface area (Å²) in [6.07, 6.45) is 0. The van der Waals surface area contributed by atoms with Crippen molar-refractivity contribution in [1.29, 1.82) is 0 Å². The maximum absolute atomic E-state index is 6.50. The molecule has 5 nitrogen and oxygen atoms in total. The van der Waals surface area contributed by atoms with Gasteiger partial charge in [0.05, 0.1) is 11.0 Å². The molecule has 57 heavy (non-hydrogen) atoms. The predicted octanol–water partition coefficient (Wildman–Crippen LogP) is 13.9. The lowest BCUT2D eigenvalue weighted by atomic mass is 9.98. The SMILES string of the molecule is c1ccc(-c2nc(-c3ccccc3)nc(-c3ccc4sc5cc(-c6cccc7oc8ccc(-n9c%10ccccc%10c%10ccccc%109)cc8c67)ccc5c4c3)n2)cc1. The van der Waals surface area contributed by atoms with Crippen molar-refractivity contribution in [1.82, 2.24) is 19.5 Å². The number of benzene rings is 8. The molecule has 0 aliphatic rings. The van der Waals surface area contributed by atoms with Gasteiger partial charge < -0.3 is 8.98 Å². The first-order chi connectivity index (χ1) is 28.2. The number of aromatic nitrogens is 4. The first kappa shape index (κ1) is 31.9. The molecule has 8 aromatic carbocycles. The second kappa shape index (κ2) is 12.6. The molecule has 12 aromatic rings. The van der Waals surface area contributed by atoms with Crippen LogP contribution in [0.4, 0.5) is 0 Å². The van der Waals surface area contributed by atoms with Gasteiger partial charge in [-0.15, -0.1) is 11.3 Å². The van der Waals surface area contributed by atoms with Crippen molar-refractivity contribution in [3.8, 4) is 51.0 Å². The van der Waals surface area contributed by atoms with Crippen molar-refractivity contribution in [2.45, 2.75) is 0 Å². The molecule has 4 aromatic heterocycles.